The number of nitrogen functional groups attached to an aromatic ring is 1. The number of amides is 3. The monoisotopic (exact) mass is 620 g/mol. The highest BCUT2D eigenvalue weighted by atomic mass is 35.5. The van der Waals surface area contributed by atoms with Crippen LogP contribution in [0, 0.1) is 0 Å². The molecule has 236 valence electrons. The van der Waals surface area contributed by atoms with Gasteiger partial charge < -0.3 is 26.0 Å². The van der Waals surface area contributed by atoms with Gasteiger partial charge in [-0.25, -0.2) is 4.79 Å². The molecule has 3 aromatic carbocycles. The van der Waals surface area contributed by atoms with Crippen LogP contribution < -0.4 is 21.3 Å². The Morgan fingerprint density at radius 2 is 1.52 bits per heavy atom. The Morgan fingerprint density at radius 3 is 2.11 bits per heavy atom. The maximum Gasteiger partial charge on any atom is 0.407 e. The number of ether oxygens (including phenoxy) is 1. The topological polar surface area (TPSA) is 114 Å². The highest BCUT2D eigenvalue weighted by Crippen LogP contribution is 2.34. The van der Waals surface area contributed by atoms with Gasteiger partial charge >= 0.3 is 6.09 Å². The number of halogens is 1. The van der Waals surface area contributed by atoms with E-state index < -0.39 is 11.7 Å². The van der Waals surface area contributed by atoms with Gasteiger partial charge in [0.25, 0.3) is 5.91 Å². The maximum atomic E-state index is 12.5. The molecule has 0 unspecified atom stereocenters. The lowest BCUT2D eigenvalue weighted by atomic mass is 9.93. The summed E-state index contributed by atoms with van der Waals surface area (Å²) < 4.78 is 5.20. The van der Waals surface area contributed by atoms with E-state index in [1.807, 2.05) is 62.1 Å². The van der Waals surface area contributed by atoms with Crippen molar-refractivity contribution in [1.82, 2.24) is 10.6 Å². The van der Waals surface area contributed by atoms with E-state index in [4.69, 9.17) is 22.1 Å². The molecule has 1 atom stereocenters. The summed E-state index contributed by atoms with van der Waals surface area (Å²) in [6, 6.07) is 21.1. The van der Waals surface area contributed by atoms with Gasteiger partial charge in [-0.3, -0.25) is 9.59 Å². The first-order valence-corrected chi connectivity index (χ1v) is 15.5. The minimum atomic E-state index is -0.496. The number of rotatable bonds is 8. The Morgan fingerprint density at radius 1 is 0.909 bits per heavy atom. The van der Waals surface area contributed by atoms with Crippen LogP contribution in [0.4, 0.5) is 16.2 Å². The third-order valence-electron chi connectivity index (χ3n) is 7.11. The molecular weight excluding hydrogens is 576 g/mol. The second-order valence-electron chi connectivity index (χ2n) is 12.0. The predicted molar refractivity (Wildman–Crippen MR) is 179 cm³/mol. The first-order chi connectivity index (χ1) is 20.8. The largest absolute Gasteiger partial charge is 0.444 e. The van der Waals surface area contributed by atoms with Crippen LogP contribution in [-0.2, 0) is 16.0 Å². The minimum Gasteiger partial charge on any atom is -0.444 e. The lowest BCUT2D eigenvalue weighted by molar-refractivity contribution is -0.117. The number of hydrogen-bond acceptors (Lipinski definition) is 5. The summed E-state index contributed by atoms with van der Waals surface area (Å²) in [5, 5.41) is 6.43. The number of unbranched alkanes of at least 4 members (excludes halogenated alkanes) is 2. The number of carbonyl (C=O) groups excluding carboxylic acids is 3. The van der Waals surface area contributed by atoms with Crippen LogP contribution in [0.3, 0.4) is 0 Å². The number of benzene rings is 3. The Bertz CT molecular complexity index is 1380. The first-order valence-electron chi connectivity index (χ1n) is 15.1. The second-order valence-corrected chi connectivity index (χ2v) is 12.4. The Balaban J connectivity index is 0.000000572. The van der Waals surface area contributed by atoms with Crippen LogP contribution in [0.2, 0.25) is 5.02 Å². The maximum absolute atomic E-state index is 12.5. The molecule has 4 rings (SSSR count). The molecule has 1 aliphatic heterocycles. The number of nitrogens with two attached hydrogens (primary N) is 1. The quantitative estimate of drug-likeness (QED) is 0.179. The van der Waals surface area contributed by atoms with E-state index in [9.17, 15) is 14.4 Å². The van der Waals surface area contributed by atoms with Crippen molar-refractivity contribution in [3.63, 3.8) is 0 Å². The standard InChI is InChI=1S/C29H39N3O4.C6H6ClN/c1-20-9-10-25-19-24(15-16-26(25)32(20)21(2)33)22-11-13-23(14-12-22)27(34)30-17-7-6-8-18-31-28(35)36-29(3,4)5;7-5-1-3-6(8)4-2-5/h11-16,19-20H,6-10,17-18H2,1-5H3,(H,30,34)(H,31,35);1-4H,8H2/t20-;/m0./s1. The van der Waals surface area contributed by atoms with Crippen molar-refractivity contribution in [3.8, 4) is 11.1 Å². The minimum absolute atomic E-state index is 0.0732. The number of anilines is 2. The summed E-state index contributed by atoms with van der Waals surface area (Å²) in [6.45, 7) is 10.4. The summed E-state index contributed by atoms with van der Waals surface area (Å²) in [5.74, 6) is -0.0195. The van der Waals surface area contributed by atoms with Crippen LogP contribution in [0.5, 0.6) is 0 Å². The molecule has 1 heterocycles. The molecule has 1 aliphatic rings. The summed E-state index contributed by atoms with van der Waals surface area (Å²) in [7, 11) is 0. The third-order valence-corrected chi connectivity index (χ3v) is 7.36. The molecule has 8 nitrogen and oxygen atoms in total. The highest BCUT2D eigenvalue weighted by Gasteiger charge is 2.26. The van der Waals surface area contributed by atoms with Gasteiger partial charge in [0, 0.05) is 48.0 Å². The highest BCUT2D eigenvalue weighted by molar-refractivity contribution is 6.30. The van der Waals surface area contributed by atoms with Crippen molar-refractivity contribution < 1.29 is 19.1 Å². The van der Waals surface area contributed by atoms with Crippen LogP contribution in [0.15, 0.2) is 66.7 Å². The van der Waals surface area contributed by atoms with Gasteiger partial charge in [0.05, 0.1) is 0 Å². The summed E-state index contributed by atoms with van der Waals surface area (Å²) in [6.07, 6.45) is 4.06. The molecule has 3 amide bonds. The van der Waals surface area contributed by atoms with E-state index in [-0.39, 0.29) is 17.9 Å². The molecule has 3 aromatic rings. The number of fused-ring (bicyclic) bond motifs is 1. The van der Waals surface area contributed by atoms with Crippen molar-refractivity contribution in [3.05, 3.63) is 82.9 Å². The first kappa shape index (κ1) is 34.5. The fourth-order valence-corrected chi connectivity index (χ4v) is 5.05. The van der Waals surface area contributed by atoms with Crippen LogP contribution in [-0.4, -0.2) is 42.6 Å². The van der Waals surface area contributed by atoms with Crippen LogP contribution in [0.1, 0.15) is 76.2 Å². The zero-order valence-electron chi connectivity index (χ0n) is 26.4. The Labute approximate surface area is 266 Å². The van der Waals surface area contributed by atoms with Crippen molar-refractivity contribution >= 4 is 40.9 Å². The van der Waals surface area contributed by atoms with Gasteiger partial charge in [-0.2, -0.15) is 0 Å². The van der Waals surface area contributed by atoms with E-state index in [1.165, 1.54) is 5.56 Å². The van der Waals surface area contributed by atoms with Gasteiger partial charge in [-0.1, -0.05) is 29.8 Å². The van der Waals surface area contributed by atoms with E-state index in [1.54, 1.807) is 31.2 Å². The fourth-order valence-electron chi connectivity index (χ4n) is 4.92. The number of nitrogens with zero attached hydrogens (tertiary/aromatic N) is 1. The number of nitrogens with one attached hydrogen (secondary N) is 2. The van der Waals surface area contributed by atoms with E-state index >= 15 is 0 Å². The molecule has 0 bridgehead atoms. The van der Waals surface area contributed by atoms with E-state index in [0.717, 1.165) is 59.6 Å². The number of hydrogen-bond donors (Lipinski definition) is 3. The normalized spacial score (nSPS) is 14.0. The van der Waals surface area contributed by atoms with Gasteiger partial charge in [-0.15, -0.1) is 0 Å². The van der Waals surface area contributed by atoms with Crippen molar-refractivity contribution in [2.75, 3.05) is 23.7 Å². The average Bonchev–Trinajstić information content (AvgIpc) is 2.97. The zero-order valence-corrected chi connectivity index (χ0v) is 27.2. The zero-order chi connectivity index (χ0) is 32.3. The molecule has 0 fully saturated rings. The molecule has 0 saturated carbocycles. The van der Waals surface area contributed by atoms with Crippen molar-refractivity contribution in [2.24, 2.45) is 0 Å². The third kappa shape index (κ3) is 10.9. The van der Waals surface area contributed by atoms with Gasteiger partial charge in [0.1, 0.15) is 5.60 Å². The molecule has 9 heteroatoms. The van der Waals surface area contributed by atoms with E-state index in [0.29, 0.717) is 18.7 Å². The average molecular weight is 621 g/mol. The molecule has 0 aromatic heterocycles. The molecule has 0 saturated heterocycles. The molecule has 0 aliphatic carbocycles. The van der Waals surface area contributed by atoms with Crippen LogP contribution >= 0.6 is 11.6 Å². The van der Waals surface area contributed by atoms with Gasteiger partial charge in [-0.05, 0) is 125 Å². The number of carbonyl (C=O) groups is 3. The van der Waals surface area contributed by atoms with E-state index in [2.05, 4.69) is 23.6 Å². The SMILES string of the molecule is CC(=O)N1c2ccc(-c3ccc(C(=O)NCCCCCNC(=O)OC(C)(C)C)cc3)cc2CC[C@@H]1C.Nc1ccc(Cl)cc1. The van der Waals surface area contributed by atoms with Crippen molar-refractivity contribution in [2.45, 2.75) is 78.4 Å². The number of alkyl carbamates (subject to hydrolysis) is 1. The molecule has 0 spiro atoms. The van der Waals surface area contributed by atoms with Gasteiger partial charge in [0.2, 0.25) is 5.91 Å². The summed E-state index contributed by atoms with van der Waals surface area (Å²) >= 11 is 5.56. The number of aryl methyl sites for hydroxylation is 1. The molecular formula is C35H45ClN4O4. The summed E-state index contributed by atoms with van der Waals surface area (Å²) in [5.41, 5.74) is 10.6. The van der Waals surface area contributed by atoms with Gasteiger partial charge in [0.15, 0.2) is 0 Å². The lowest BCUT2D eigenvalue weighted by Crippen LogP contribution is -2.40. The van der Waals surface area contributed by atoms with Crippen molar-refractivity contribution in [1.29, 1.82) is 0 Å². The predicted octanol–water partition coefficient (Wildman–Crippen LogP) is 7.39. The smallest absolute Gasteiger partial charge is 0.407 e. The second kappa shape index (κ2) is 16.1. The summed E-state index contributed by atoms with van der Waals surface area (Å²) in [4.78, 5) is 38.1. The fraction of sp³-hybridized carbons (Fsp3) is 0.400. The molecule has 0 radical (unpaired) electrons. The molecule has 4 N–H and O–H groups in total. The Hall–Kier alpha value is -4.04. The van der Waals surface area contributed by atoms with Crippen LogP contribution in [0.25, 0.3) is 11.1 Å². The Kier molecular flexibility index (Phi) is 12.6. The molecule has 44 heavy (non-hydrogen) atoms. The lowest BCUT2D eigenvalue weighted by Gasteiger charge is -2.34.